The first-order chi connectivity index (χ1) is 16.6. The average Bonchev–Trinajstić information content (AvgIpc) is 3.45. The molecule has 2 aromatic carbocycles. The van der Waals surface area contributed by atoms with Gasteiger partial charge in [0.25, 0.3) is 5.91 Å². The lowest BCUT2D eigenvalue weighted by Crippen LogP contribution is -2.43. The number of fused-ring (bicyclic) bond motifs is 2. The molecule has 1 aliphatic carbocycles. The number of para-hydroxylation sites is 1. The maximum atomic E-state index is 13.4. The monoisotopic (exact) mass is 456 g/mol. The molecule has 7 heteroatoms. The minimum absolute atomic E-state index is 0.329. The SMILES string of the molecule is COC(=O)C(Cc1c[nH]c2ccccc12)NC(=O)c1nn(Cc2ccccc2)c2c1CCCC2. The van der Waals surface area contributed by atoms with Crippen LogP contribution in [-0.4, -0.2) is 39.8 Å². The van der Waals surface area contributed by atoms with Crippen LogP contribution in [0.25, 0.3) is 10.9 Å². The number of ether oxygens (including phenoxy) is 1. The third kappa shape index (κ3) is 4.33. The van der Waals surface area contributed by atoms with Gasteiger partial charge in [0.1, 0.15) is 6.04 Å². The second-order valence-corrected chi connectivity index (χ2v) is 8.74. The summed E-state index contributed by atoms with van der Waals surface area (Å²) >= 11 is 0. The number of methoxy groups -OCH3 is 1. The van der Waals surface area contributed by atoms with Gasteiger partial charge >= 0.3 is 5.97 Å². The summed E-state index contributed by atoms with van der Waals surface area (Å²) in [4.78, 5) is 29.2. The standard InChI is InChI=1S/C27H28N4O3/c1-34-27(33)23(15-19-16-28-22-13-7-5-11-20(19)22)29-26(32)25-21-12-6-8-14-24(21)31(30-25)17-18-9-3-2-4-10-18/h2-5,7,9-11,13,16,23,28H,6,8,12,14-15,17H2,1H3,(H,29,32). The van der Waals surface area contributed by atoms with Crippen molar-refractivity contribution in [3.05, 3.63) is 88.9 Å². The van der Waals surface area contributed by atoms with Crippen LogP contribution in [0.2, 0.25) is 0 Å². The van der Waals surface area contributed by atoms with Crippen molar-refractivity contribution in [1.82, 2.24) is 20.1 Å². The molecule has 0 fully saturated rings. The molecule has 7 nitrogen and oxygen atoms in total. The predicted molar refractivity (Wildman–Crippen MR) is 130 cm³/mol. The van der Waals surface area contributed by atoms with Gasteiger partial charge in [0.2, 0.25) is 0 Å². The van der Waals surface area contributed by atoms with E-state index in [0.717, 1.165) is 59.0 Å². The molecule has 1 aliphatic rings. The lowest BCUT2D eigenvalue weighted by molar-refractivity contribution is -0.142. The summed E-state index contributed by atoms with van der Waals surface area (Å²) in [6.45, 7) is 0.617. The molecule has 0 aliphatic heterocycles. The van der Waals surface area contributed by atoms with Crippen molar-refractivity contribution in [3.8, 4) is 0 Å². The van der Waals surface area contributed by atoms with E-state index in [4.69, 9.17) is 9.84 Å². The summed E-state index contributed by atoms with van der Waals surface area (Å²) in [6.07, 6.45) is 6.04. The number of nitrogens with one attached hydrogen (secondary N) is 2. The normalized spacial score (nSPS) is 13.9. The average molecular weight is 457 g/mol. The Hall–Kier alpha value is -3.87. The Kier molecular flexibility index (Phi) is 6.16. The van der Waals surface area contributed by atoms with Gasteiger partial charge in [-0.1, -0.05) is 48.5 Å². The van der Waals surface area contributed by atoms with Crippen LogP contribution in [0, 0.1) is 0 Å². The van der Waals surface area contributed by atoms with Crippen LogP contribution >= 0.6 is 0 Å². The molecular weight excluding hydrogens is 428 g/mol. The summed E-state index contributed by atoms with van der Waals surface area (Å²) in [5.41, 5.74) is 5.60. The summed E-state index contributed by atoms with van der Waals surface area (Å²) in [6, 6.07) is 17.2. The Morgan fingerprint density at radius 2 is 1.85 bits per heavy atom. The zero-order valence-electron chi connectivity index (χ0n) is 19.2. The van der Waals surface area contributed by atoms with Crippen molar-refractivity contribution < 1.29 is 14.3 Å². The minimum Gasteiger partial charge on any atom is -0.467 e. The number of nitrogens with zero attached hydrogens (tertiary/aromatic N) is 2. The molecule has 34 heavy (non-hydrogen) atoms. The molecule has 0 bridgehead atoms. The van der Waals surface area contributed by atoms with Gasteiger partial charge in [-0.25, -0.2) is 4.79 Å². The van der Waals surface area contributed by atoms with Crippen LogP contribution < -0.4 is 5.32 Å². The number of amides is 1. The van der Waals surface area contributed by atoms with Gasteiger partial charge < -0.3 is 15.0 Å². The van der Waals surface area contributed by atoms with Crippen molar-refractivity contribution in [1.29, 1.82) is 0 Å². The zero-order chi connectivity index (χ0) is 23.5. The van der Waals surface area contributed by atoms with Crippen LogP contribution in [0.1, 0.15) is 45.7 Å². The second kappa shape index (κ2) is 9.55. The largest absolute Gasteiger partial charge is 0.467 e. The molecular formula is C27H28N4O3. The van der Waals surface area contributed by atoms with Gasteiger partial charge in [0.15, 0.2) is 5.69 Å². The second-order valence-electron chi connectivity index (χ2n) is 8.74. The maximum Gasteiger partial charge on any atom is 0.328 e. The summed E-state index contributed by atoms with van der Waals surface area (Å²) in [7, 11) is 1.34. The van der Waals surface area contributed by atoms with Crippen LogP contribution in [-0.2, 0) is 35.3 Å². The van der Waals surface area contributed by atoms with Gasteiger partial charge in [-0.15, -0.1) is 0 Å². The highest BCUT2D eigenvalue weighted by Crippen LogP contribution is 2.26. The van der Waals surface area contributed by atoms with Crippen LogP contribution in [0.3, 0.4) is 0 Å². The molecule has 1 amide bonds. The molecule has 2 N–H and O–H groups in total. The fourth-order valence-corrected chi connectivity index (χ4v) is 4.82. The molecule has 0 saturated heterocycles. The molecule has 0 saturated carbocycles. The van der Waals surface area contributed by atoms with Crippen molar-refractivity contribution in [2.24, 2.45) is 0 Å². The Morgan fingerprint density at radius 1 is 1.09 bits per heavy atom. The first-order valence-corrected chi connectivity index (χ1v) is 11.7. The van der Waals surface area contributed by atoms with E-state index in [2.05, 4.69) is 22.4 Å². The van der Waals surface area contributed by atoms with Crippen molar-refractivity contribution in [3.63, 3.8) is 0 Å². The van der Waals surface area contributed by atoms with Gasteiger partial charge in [-0.2, -0.15) is 5.10 Å². The van der Waals surface area contributed by atoms with E-state index in [1.54, 1.807) is 0 Å². The zero-order valence-corrected chi connectivity index (χ0v) is 19.2. The van der Waals surface area contributed by atoms with Crippen LogP contribution in [0.5, 0.6) is 0 Å². The van der Waals surface area contributed by atoms with Crippen LogP contribution in [0.15, 0.2) is 60.8 Å². The number of hydrogen-bond donors (Lipinski definition) is 2. The van der Waals surface area contributed by atoms with Crippen LogP contribution in [0.4, 0.5) is 0 Å². The van der Waals surface area contributed by atoms with Gasteiger partial charge in [0.05, 0.1) is 13.7 Å². The lowest BCUT2D eigenvalue weighted by Gasteiger charge is -2.17. The topological polar surface area (TPSA) is 89.0 Å². The van der Waals surface area contributed by atoms with Gasteiger partial charge in [-0.05, 0) is 42.9 Å². The molecule has 2 heterocycles. The number of carbonyl (C=O) groups is 2. The fourth-order valence-electron chi connectivity index (χ4n) is 4.82. The number of aromatic amines is 1. The Labute approximate surface area is 198 Å². The number of benzene rings is 2. The number of aromatic nitrogens is 3. The third-order valence-corrected chi connectivity index (χ3v) is 6.54. The van der Waals surface area contributed by atoms with E-state index in [9.17, 15) is 9.59 Å². The number of carbonyl (C=O) groups excluding carboxylic acids is 2. The van der Waals surface area contributed by atoms with E-state index in [-0.39, 0.29) is 5.91 Å². The lowest BCUT2D eigenvalue weighted by atomic mass is 9.95. The minimum atomic E-state index is -0.810. The number of hydrogen-bond acceptors (Lipinski definition) is 4. The number of rotatable bonds is 7. The summed E-state index contributed by atoms with van der Waals surface area (Å²) in [5, 5.41) is 8.65. The highest BCUT2D eigenvalue weighted by molar-refractivity contribution is 5.97. The molecule has 0 spiro atoms. The summed E-state index contributed by atoms with van der Waals surface area (Å²) < 4.78 is 6.97. The van der Waals surface area contributed by atoms with Crippen molar-refractivity contribution in [2.75, 3.05) is 7.11 Å². The fraction of sp³-hybridized carbons (Fsp3) is 0.296. The summed E-state index contributed by atoms with van der Waals surface area (Å²) in [5.74, 6) is -0.809. The Morgan fingerprint density at radius 3 is 2.68 bits per heavy atom. The molecule has 0 radical (unpaired) electrons. The third-order valence-electron chi connectivity index (χ3n) is 6.54. The van der Waals surface area contributed by atoms with E-state index >= 15 is 0 Å². The molecule has 174 valence electrons. The van der Waals surface area contributed by atoms with E-state index in [0.29, 0.717) is 18.7 Å². The van der Waals surface area contributed by atoms with Gasteiger partial charge in [0, 0.05) is 34.8 Å². The van der Waals surface area contributed by atoms with Crippen molar-refractivity contribution >= 4 is 22.8 Å². The van der Waals surface area contributed by atoms with E-state index < -0.39 is 12.0 Å². The first-order valence-electron chi connectivity index (χ1n) is 11.7. The highest BCUT2D eigenvalue weighted by Gasteiger charge is 2.29. The highest BCUT2D eigenvalue weighted by atomic mass is 16.5. The number of H-pyrrole nitrogens is 1. The maximum absolute atomic E-state index is 13.4. The van der Waals surface area contributed by atoms with E-state index in [1.807, 2.05) is 53.3 Å². The smallest absolute Gasteiger partial charge is 0.328 e. The van der Waals surface area contributed by atoms with E-state index in [1.165, 1.54) is 7.11 Å². The Balaban J connectivity index is 1.41. The Bertz CT molecular complexity index is 1320. The predicted octanol–water partition coefficient (Wildman–Crippen LogP) is 3.81. The first kappa shape index (κ1) is 21.9. The molecule has 2 aromatic heterocycles. The number of esters is 1. The van der Waals surface area contributed by atoms with Crippen molar-refractivity contribution in [2.45, 2.75) is 44.7 Å². The molecule has 4 aromatic rings. The quantitative estimate of drug-likeness (QED) is 0.414. The van der Waals surface area contributed by atoms with Gasteiger partial charge in [-0.3, -0.25) is 9.48 Å². The molecule has 5 rings (SSSR count). The molecule has 1 atom stereocenters. The molecule has 1 unspecified atom stereocenters.